The van der Waals surface area contributed by atoms with Gasteiger partial charge in [-0.25, -0.2) is 4.79 Å². The summed E-state index contributed by atoms with van der Waals surface area (Å²) in [5.74, 6) is 0.858. The first-order valence-electron chi connectivity index (χ1n) is 15.5. The van der Waals surface area contributed by atoms with Crippen molar-refractivity contribution >= 4 is 27.6 Å². The van der Waals surface area contributed by atoms with Gasteiger partial charge < -0.3 is 19.6 Å². The molecule has 0 amide bonds. The van der Waals surface area contributed by atoms with Gasteiger partial charge in [0.25, 0.3) is 0 Å². The van der Waals surface area contributed by atoms with Gasteiger partial charge in [-0.2, -0.15) is 0 Å². The Bertz CT molecular complexity index is 1970. The molecule has 0 fully saturated rings. The van der Waals surface area contributed by atoms with E-state index in [0.29, 0.717) is 26.1 Å². The topological polar surface area (TPSA) is 71.5 Å². The molecule has 1 aliphatic carbocycles. The predicted molar refractivity (Wildman–Crippen MR) is 176 cm³/mol. The zero-order valence-electron chi connectivity index (χ0n) is 24.6. The minimum atomic E-state index is -0.956. The molecule has 5 heteroatoms. The van der Waals surface area contributed by atoms with Gasteiger partial charge in [-0.1, -0.05) is 91.0 Å². The molecule has 7 rings (SSSR count). The van der Waals surface area contributed by atoms with Crippen LogP contribution in [0.15, 0.2) is 103 Å². The van der Waals surface area contributed by atoms with Crippen LogP contribution in [0.1, 0.15) is 52.0 Å². The lowest BCUT2D eigenvalue weighted by atomic mass is 9.91. The van der Waals surface area contributed by atoms with Crippen molar-refractivity contribution in [3.8, 4) is 22.6 Å². The number of carboxylic acids is 1. The van der Waals surface area contributed by atoms with Crippen molar-refractivity contribution in [3.63, 3.8) is 0 Å². The molecule has 6 aromatic rings. The van der Waals surface area contributed by atoms with E-state index in [-0.39, 0.29) is 5.69 Å². The lowest BCUT2D eigenvalue weighted by molar-refractivity contribution is 0.0690. The summed E-state index contributed by atoms with van der Waals surface area (Å²) < 4.78 is 12.6. The Kier molecular flexibility index (Phi) is 7.76. The molecule has 0 atom stereocenters. The largest absolute Gasteiger partial charge is 0.493 e. The van der Waals surface area contributed by atoms with Gasteiger partial charge in [-0.05, 0) is 83.9 Å². The fourth-order valence-electron chi connectivity index (χ4n) is 6.64. The number of H-pyrrole nitrogens is 1. The normalized spacial score (nSPS) is 12.7. The first-order chi connectivity index (χ1) is 21.7. The van der Waals surface area contributed by atoms with Crippen LogP contribution in [0.4, 0.5) is 0 Å². The van der Waals surface area contributed by atoms with Crippen LogP contribution in [0.5, 0.6) is 11.5 Å². The summed E-state index contributed by atoms with van der Waals surface area (Å²) >= 11 is 0. The number of ether oxygens (including phenoxy) is 2. The molecule has 0 bridgehead atoms. The van der Waals surface area contributed by atoms with Crippen LogP contribution in [0.25, 0.3) is 32.8 Å². The number of nitrogens with one attached hydrogen (secondary N) is 1. The number of hydrogen-bond acceptors (Lipinski definition) is 3. The molecule has 44 heavy (non-hydrogen) atoms. The van der Waals surface area contributed by atoms with E-state index in [2.05, 4.69) is 59.6 Å². The molecular formula is C39H35NO4. The van der Waals surface area contributed by atoms with Crippen LogP contribution in [0.2, 0.25) is 0 Å². The molecule has 0 radical (unpaired) electrons. The Morgan fingerprint density at radius 3 is 2.39 bits per heavy atom. The number of hydrogen-bond donors (Lipinski definition) is 2. The number of fused-ring (bicyclic) bond motifs is 3. The lowest BCUT2D eigenvalue weighted by Gasteiger charge is -2.20. The highest BCUT2D eigenvalue weighted by molar-refractivity contribution is 6.03. The summed E-state index contributed by atoms with van der Waals surface area (Å²) in [6.07, 6.45) is 5.87. The quantitative estimate of drug-likeness (QED) is 0.158. The number of rotatable bonds is 10. The van der Waals surface area contributed by atoms with Crippen molar-refractivity contribution in [2.75, 3.05) is 6.61 Å². The van der Waals surface area contributed by atoms with E-state index in [1.54, 1.807) is 0 Å². The van der Waals surface area contributed by atoms with E-state index in [0.717, 1.165) is 68.3 Å². The zero-order chi connectivity index (χ0) is 29.9. The maximum Gasteiger partial charge on any atom is 0.352 e. The second kappa shape index (κ2) is 12.3. The molecule has 1 aliphatic rings. The van der Waals surface area contributed by atoms with Gasteiger partial charge in [0.2, 0.25) is 0 Å². The molecular weight excluding hydrogens is 546 g/mol. The molecule has 5 aromatic carbocycles. The van der Waals surface area contributed by atoms with Crippen LogP contribution in [-0.4, -0.2) is 22.7 Å². The average Bonchev–Trinajstić information content (AvgIpc) is 3.45. The molecule has 1 heterocycles. The third-order valence-electron chi connectivity index (χ3n) is 8.78. The highest BCUT2D eigenvalue weighted by atomic mass is 16.5. The molecule has 0 unspecified atom stereocenters. The minimum absolute atomic E-state index is 0.238. The summed E-state index contributed by atoms with van der Waals surface area (Å²) in [6, 6.07) is 34.9. The van der Waals surface area contributed by atoms with Gasteiger partial charge in [0, 0.05) is 16.3 Å². The van der Waals surface area contributed by atoms with Crippen molar-refractivity contribution in [1.29, 1.82) is 0 Å². The Morgan fingerprint density at radius 1 is 0.727 bits per heavy atom. The molecule has 0 saturated heterocycles. The first-order valence-corrected chi connectivity index (χ1v) is 15.5. The predicted octanol–water partition coefficient (Wildman–Crippen LogP) is 9.16. The van der Waals surface area contributed by atoms with E-state index in [4.69, 9.17) is 9.47 Å². The maximum atomic E-state index is 12.4. The lowest BCUT2D eigenvalue weighted by Crippen LogP contribution is -2.06. The summed E-state index contributed by atoms with van der Waals surface area (Å²) in [5.41, 5.74) is 7.67. The summed E-state index contributed by atoms with van der Waals surface area (Å²) in [5, 5.41) is 13.3. The van der Waals surface area contributed by atoms with Gasteiger partial charge in [-0.3, -0.25) is 0 Å². The number of carbonyl (C=O) groups is 1. The third kappa shape index (κ3) is 5.42. The Labute approximate surface area is 257 Å². The van der Waals surface area contributed by atoms with E-state index in [1.165, 1.54) is 24.0 Å². The van der Waals surface area contributed by atoms with E-state index in [9.17, 15) is 9.90 Å². The molecule has 0 spiro atoms. The van der Waals surface area contributed by atoms with E-state index in [1.807, 2.05) is 48.5 Å². The van der Waals surface area contributed by atoms with Gasteiger partial charge in [0.05, 0.1) is 12.1 Å². The molecule has 1 aromatic heterocycles. The van der Waals surface area contributed by atoms with E-state index >= 15 is 0 Å². The molecule has 220 valence electrons. The number of para-hydroxylation sites is 1. The second-order valence-corrected chi connectivity index (χ2v) is 11.5. The zero-order valence-corrected chi connectivity index (χ0v) is 24.6. The van der Waals surface area contributed by atoms with Crippen LogP contribution in [0, 0.1) is 0 Å². The fraction of sp³-hybridized carbons (Fsp3) is 0.205. The molecule has 0 aliphatic heterocycles. The highest BCUT2D eigenvalue weighted by Gasteiger charge is 2.20. The number of aromatic amines is 1. The third-order valence-corrected chi connectivity index (χ3v) is 8.78. The van der Waals surface area contributed by atoms with Crippen LogP contribution in [-0.2, 0) is 25.9 Å². The van der Waals surface area contributed by atoms with Crippen molar-refractivity contribution in [1.82, 2.24) is 4.98 Å². The number of benzene rings is 5. The van der Waals surface area contributed by atoms with Crippen molar-refractivity contribution in [3.05, 3.63) is 131 Å². The smallest absolute Gasteiger partial charge is 0.352 e. The van der Waals surface area contributed by atoms with Crippen molar-refractivity contribution < 1.29 is 19.4 Å². The van der Waals surface area contributed by atoms with Crippen molar-refractivity contribution in [2.24, 2.45) is 0 Å². The van der Waals surface area contributed by atoms with Gasteiger partial charge in [0.15, 0.2) is 0 Å². The minimum Gasteiger partial charge on any atom is -0.493 e. The Morgan fingerprint density at radius 2 is 1.45 bits per heavy atom. The van der Waals surface area contributed by atoms with Gasteiger partial charge in [0.1, 0.15) is 23.8 Å². The number of aromatic nitrogens is 1. The van der Waals surface area contributed by atoms with Gasteiger partial charge in [-0.15, -0.1) is 0 Å². The number of carboxylic acid groups (broad SMARTS) is 1. The number of aromatic carboxylic acids is 1. The fourth-order valence-corrected chi connectivity index (χ4v) is 6.64. The maximum absolute atomic E-state index is 12.4. The number of aryl methyl sites for hydroxylation is 2. The summed E-state index contributed by atoms with van der Waals surface area (Å²) in [4.78, 5) is 15.7. The summed E-state index contributed by atoms with van der Waals surface area (Å²) in [7, 11) is 0. The standard InChI is InChI=1S/C39H35NO4/c41-39(42)38-34(21-10-24-43-35-22-7-14-26-11-1-5-17-30(26)35)33-20-9-19-32(37(33)40-38)29-16-4-3-13-28(29)25-44-36-23-8-15-27-12-2-6-18-31(27)36/h1,3-5,7-9,11,13-17,19-20,22-23,40H,2,6,10,12,18,21,24-25H2,(H,41,42). The first kappa shape index (κ1) is 27.8. The highest BCUT2D eigenvalue weighted by Crippen LogP contribution is 2.36. The summed E-state index contributed by atoms with van der Waals surface area (Å²) in [6.45, 7) is 0.927. The molecule has 2 N–H and O–H groups in total. The van der Waals surface area contributed by atoms with Crippen LogP contribution < -0.4 is 9.47 Å². The van der Waals surface area contributed by atoms with Crippen LogP contribution >= 0.6 is 0 Å². The SMILES string of the molecule is O=C(O)c1[nH]c2c(-c3ccccc3COc3cccc4c3CCCC4)cccc2c1CCCOc1cccc2ccccc12. The van der Waals surface area contributed by atoms with Crippen LogP contribution in [0.3, 0.4) is 0 Å². The Balaban J connectivity index is 1.14. The van der Waals surface area contributed by atoms with E-state index < -0.39 is 5.97 Å². The molecule has 5 nitrogen and oxygen atoms in total. The molecule has 0 saturated carbocycles. The second-order valence-electron chi connectivity index (χ2n) is 11.5. The monoisotopic (exact) mass is 581 g/mol. The average molecular weight is 582 g/mol. The Hall–Kier alpha value is -5.03. The van der Waals surface area contributed by atoms with Crippen molar-refractivity contribution in [2.45, 2.75) is 45.1 Å². The van der Waals surface area contributed by atoms with Gasteiger partial charge >= 0.3 is 5.97 Å².